The Balaban J connectivity index is 1.69. The molecule has 0 spiro atoms. The Labute approximate surface area is 139 Å². The van der Waals surface area contributed by atoms with Crippen molar-refractivity contribution in [1.29, 1.82) is 0 Å². The molecule has 8 heteroatoms. The molecule has 0 saturated carbocycles. The molecule has 2 aliphatic heterocycles. The zero-order valence-electron chi connectivity index (χ0n) is 13.5. The van der Waals surface area contributed by atoms with Crippen molar-refractivity contribution in [2.24, 2.45) is 4.99 Å². The normalized spacial score (nSPS) is 21.9. The summed E-state index contributed by atoms with van der Waals surface area (Å²) in [6.45, 7) is 3.26. The average Bonchev–Trinajstić information content (AvgIpc) is 2.57. The second kappa shape index (κ2) is 6.96. The number of hydrogen-bond donors (Lipinski definition) is 2. The van der Waals surface area contributed by atoms with Gasteiger partial charge in [-0.2, -0.15) is 0 Å². The molecule has 3 rings (SSSR count). The van der Waals surface area contributed by atoms with Gasteiger partial charge in [-0.1, -0.05) is 0 Å². The van der Waals surface area contributed by atoms with E-state index in [0.717, 1.165) is 26.2 Å². The first-order chi connectivity index (χ1) is 11.5. The molecule has 0 aromatic heterocycles. The fourth-order valence-corrected chi connectivity index (χ4v) is 2.67. The third-order valence-electron chi connectivity index (χ3n) is 4.13. The van der Waals surface area contributed by atoms with Crippen LogP contribution in [0.15, 0.2) is 29.3 Å². The molecule has 0 radical (unpaired) electrons. The molecule has 1 unspecified atom stereocenters. The van der Waals surface area contributed by atoms with E-state index in [1.54, 1.807) is 0 Å². The topological polar surface area (TPSA) is 77.0 Å². The molecule has 2 aliphatic rings. The molecule has 128 valence electrons. The van der Waals surface area contributed by atoms with Crippen molar-refractivity contribution >= 4 is 23.5 Å². The second-order valence-corrected chi connectivity index (χ2v) is 6.01. The summed E-state index contributed by atoms with van der Waals surface area (Å²) in [6.07, 6.45) is 0.00424. The van der Waals surface area contributed by atoms with Gasteiger partial charge in [-0.05, 0) is 31.3 Å². The van der Waals surface area contributed by atoms with Crippen LogP contribution < -0.4 is 10.6 Å². The Bertz CT molecular complexity index is 653. The van der Waals surface area contributed by atoms with Gasteiger partial charge in [0.05, 0.1) is 6.42 Å². The molecule has 7 nitrogen and oxygen atoms in total. The first-order valence-electron chi connectivity index (χ1n) is 7.89. The number of nitrogens with zero attached hydrogens (tertiary/aromatic N) is 3. The minimum absolute atomic E-state index is 0.00424. The Morgan fingerprint density at radius 1 is 1.25 bits per heavy atom. The number of amides is 2. The third kappa shape index (κ3) is 3.88. The number of rotatable bonds is 2. The highest BCUT2D eigenvalue weighted by molar-refractivity contribution is 6.05. The van der Waals surface area contributed by atoms with E-state index in [9.17, 15) is 14.0 Å². The van der Waals surface area contributed by atoms with Gasteiger partial charge in [0.25, 0.3) is 0 Å². The smallest absolute Gasteiger partial charge is 0.249 e. The lowest BCUT2D eigenvalue weighted by Crippen LogP contribution is -2.55. The summed E-state index contributed by atoms with van der Waals surface area (Å²) >= 11 is 0. The van der Waals surface area contributed by atoms with Gasteiger partial charge in [0.1, 0.15) is 11.9 Å². The number of nitrogens with one attached hydrogen (secondary N) is 2. The van der Waals surface area contributed by atoms with Gasteiger partial charge < -0.3 is 15.1 Å². The van der Waals surface area contributed by atoms with Crippen LogP contribution in [-0.4, -0.2) is 66.8 Å². The summed E-state index contributed by atoms with van der Waals surface area (Å²) < 4.78 is 12.9. The van der Waals surface area contributed by atoms with Gasteiger partial charge in [0.15, 0.2) is 0 Å². The highest BCUT2D eigenvalue weighted by atomic mass is 19.1. The van der Waals surface area contributed by atoms with E-state index in [1.165, 1.54) is 24.3 Å². The van der Waals surface area contributed by atoms with Crippen molar-refractivity contribution in [2.75, 3.05) is 38.5 Å². The summed E-state index contributed by atoms with van der Waals surface area (Å²) in [5, 5.41) is 5.42. The zero-order chi connectivity index (χ0) is 17.1. The monoisotopic (exact) mass is 333 g/mol. The fourth-order valence-electron chi connectivity index (χ4n) is 2.67. The molecule has 0 bridgehead atoms. The van der Waals surface area contributed by atoms with Gasteiger partial charge in [0.2, 0.25) is 17.8 Å². The fraction of sp³-hybridized carbons (Fsp3) is 0.438. The van der Waals surface area contributed by atoms with Crippen LogP contribution in [0.5, 0.6) is 0 Å². The van der Waals surface area contributed by atoms with Crippen molar-refractivity contribution in [3.8, 4) is 0 Å². The van der Waals surface area contributed by atoms with E-state index in [1.807, 2.05) is 11.9 Å². The first kappa shape index (κ1) is 16.4. The predicted octanol–water partition coefficient (Wildman–Crippen LogP) is 0.256. The van der Waals surface area contributed by atoms with E-state index >= 15 is 0 Å². The number of likely N-dealkylation sites (N-methyl/N-ethyl adjacent to an activating group) is 1. The maximum Gasteiger partial charge on any atom is 0.249 e. The van der Waals surface area contributed by atoms with Crippen LogP contribution in [-0.2, 0) is 9.59 Å². The standard InChI is InChI=1S/C16H20FN5O2/c1-21-6-8-22(9-7-21)16-19-13(10-14(23)20-16)15(24)18-12-4-2-11(17)3-5-12/h2-5,13H,6-10H2,1H3,(H,18,24)(H,19,20,23). The third-order valence-corrected chi connectivity index (χ3v) is 4.13. The molecule has 2 amide bonds. The number of carbonyl (C=O) groups is 2. The van der Waals surface area contributed by atoms with E-state index < -0.39 is 6.04 Å². The van der Waals surface area contributed by atoms with Crippen molar-refractivity contribution in [1.82, 2.24) is 15.1 Å². The summed E-state index contributed by atoms with van der Waals surface area (Å²) in [5.74, 6) is -0.514. The lowest BCUT2D eigenvalue weighted by atomic mass is 10.1. The Morgan fingerprint density at radius 3 is 2.58 bits per heavy atom. The summed E-state index contributed by atoms with van der Waals surface area (Å²) in [5.41, 5.74) is 0.476. The summed E-state index contributed by atoms with van der Waals surface area (Å²) in [4.78, 5) is 32.9. The zero-order valence-corrected chi connectivity index (χ0v) is 13.5. The largest absolute Gasteiger partial charge is 0.340 e. The van der Waals surface area contributed by atoms with E-state index in [2.05, 4.69) is 20.5 Å². The minimum atomic E-state index is -0.779. The Morgan fingerprint density at radius 2 is 1.92 bits per heavy atom. The van der Waals surface area contributed by atoms with Crippen LogP contribution in [0.3, 0.4) is 0 Å². The number of carbonyl (C=O) groups excluding carboxylic acids is 2. The number of anilines is 1. The van der Waals surface area contributed by atoms with E-state index in [0.29, 0.717) is 11.6 Å². The second-order valence-electron chi connectivity index (χ2n) is 6.01. The maximum absolute atomic E-state index is 12.9. The van der Waals surface area contributed by atoms with Gasteiger partial charge >= 0.3 is 0 Å². The molecule has 1 saturated heterocycles. The molecule has 2 heterocycles. The molecule has 1 fully saturated rings. The van der Waals surface area contributed by atoms with Crippen molar-refractivity contribution in [3.05, 3.63) is 30.1 Å². The summed E-state index contributed by atoms with van der Waals surface area (Å²) in [7, 11) is 2.04. The number of hydrogen-bond acceptors (Lipinski definition) is 5. The maximum atomic E-state index is 12.9. The Hall–Kier alpha value is -2.48. The highest BCUT2D eigenvalue weighted by Gasteiger charge is 2.30. The lowest BCUT2D eigenvalue weighted by molar-refractivity contribution is -0.125. The highest BCUT2D eigenvalue weighted by Crippen LogP contribution is 2.13. The number of halogens is 1. The number of aliphatic imine (C=N–C) groups is 1. The van der Waals surface area contributed by atoms with Crippen molar-refractivity contribution in [2.45, 2.75) is 12.5 Å². The molecule has 1 aromatic rings. The van der Waals surface area contributed by atoms with Crippen molar-refractivity contribution < 1.29 is 14.0 Å². The lowest BCUT2D eigenvalue weighted by Gasteiger charge is -2.36. The van der Waals surface area contributed by atoms with Gasteiger partial charge in [-0.15, -0.1) is 0 Å². The minimum Gasteiger partial charge on any atom is -0.340 e. The van der Waals surface area contributed by atoms with Gasteiger partial charge in [-0.25, -0.2) is 9.38 Å². The van der Waals surface area contributed by atoms with Gasteiger partial charge in [-0.3, -0.25) is 14.9 Å². The van der Waals surface area contributed by atoms with Crippen LogP contribution in [0.25, 0.3) is 0 Å². The first-order valence-corrected chi connectivity index (χ1v) is 7.89. The average molecular weight is 333 g/mol. The molecule has 0 aliphatic carbocycles. The Kier molecular flexibility index (Phi) is 4.75. The van der Waals surface area contributed by atoms with Crippen LogP contribution in [0, 0.1) is 5.82 Å². The van der Waals surface area contributed by atoms with Crippen LogP contribution in [0.4, 0.5) is 10.1 Å². The number of guanidine groups is 1. The van der Waals surface area contributed by atoms with Gasteiger partial charge in [0, 0.05) is 31.9 Å². The molecule has 1 aromatic carbocycles. The van der Waals surface area contributed by atoms with E-state index in [4.69, 9.17) is 0 Å². The number of benzene rings is 1. The SMILES string of the molecule is CN1CCN(C2=NC(C(=O)Nc3ccc(F)cc3)CC(=O)N2)CC1. The predicted molar refractivity (Wildman–Crippen MR) is 88.1 cm³/mol. The molecular formula is C16H20FN5O2. The number of piperazine rings is 1. The molecule has 24 heavy (non-hydrogen) atoms. The van der Waals surface area contributed by atoms with E-state index in [-0.39, 0.29) is 24.1 Å². The van der Waals surface area contributed by atoms with Crippen LogP contribution >= 0.6 is 0 Å². The quantitative estimate of drug-likeness (QED) is 0.814. The summed E-state index contributed by atoms with van der Waals surface area (Å²) in [6, 6.07) is 4.70. The molecular weight excluding hydrogens is 313 g/mol. The van der Waals surface area contributed by atoms with Crippen molar-refractivity contribution in [3.63, 3.8) is 0 Å². The van der Waals surface area contributed by atoms with Crippen LogP contribution in [0.2, 0.25) is 0 Å². The van der Waals surface area contributed by atoms with Crippen LogP contribution in [0.1, 0.15) is 6.42 Å². The molecule has 2 N–H and O–H groups in total. The molecule has 1 atom stereocenters.